The molecule has 0 radical (unpaired) electrons. The smallest absolute Gasteiger partial charge is 0.335 e. The average Bonchev–Trinajstić information content (AvgIpc) is 2.48. The molecule has 1 aliphatic heterocycles. The van der Waals surface area contributed by atoms with Crippen molar-refractivity contribution in [2.45, 2.75) is 30.7 Å². The molecular formula is C12H13NO9. The first-order chi connectivity index (χ1) is 10.3. The van der Waals surface area contributed by atoms with Crippen molar-refractivity contribution in [1.82, 2.24) is 0 Å². The summed E-state index contributed by atoms with van der Waals surface area (Å²) < 4.78 is 10.1. The highest BCUT2D eigenvalue weighted by molar-refractivity contribution is 5.73. The normalized spacial score (nSPS) is 31.5. The molecule has 10 nitrogen and oxygen atoms in total. The second-order valence-corrected chi connectivity index (χ2v) is 4.60. The van der Waals surface area contributed by atoms with E-state index in [9.17, 15) is 30.2 Å². The fourth-order valence-electron chi connectivity index (χ4n) is 1.93. The quantitative estimate of drug-likeness (QED) is 0.398. The van der Waals surface area contributed by atoms with Crippen LogP contribution in [0.3, 0.4) is 0 Å². The average molecular weight is 315 g/mol. The number of nitrogens with zero attached hydrogens (tertiary/aromatic N) is 1. The maximum Gasteiger partial charge on any atom is 0.335 e. The summed E-state index contributed by atoms with van der Waals surface area (Å²) in [5.74, 6) is -1.47. The first-order valence-corrected chi connectivity index (χ1v) is 6.15. The second-order valence-electron chi connectivity index (χ2n) is 4.60. The molecule has 2 rings (SSSR count). The summed E-state index contributed by atoms with van der Waals surface area (Å²) in [6, 6.07) is 4.73. The van der Waals surface area contributed by atoms with E-state index in [1.54, 1.807) is 0 Å². The van der Waals surface area contributed by atoms with E-state index in [-0.39, 0.29) is 11.4 Å². The van der Waals surface area contributed by atoms with Gasteiger partial charge in [-0.1, -0.05) is 0 Å². The number of benzene rings is 1. The van der Waals surface area contributed by atoms with Gasteiger partial charge in [-0.05, 0) is 12.1 Å². The summed E-state index contributed by atoms with van der Waals surface area (Å²) in [6.07, 6.45) is -8.62. The van der Waals surface area contributed by atoms with E-state index < -0.39 is 41.6 Å². The molecule has 0 aromatic heterocycles. The Labute approximate surface area is 123 Å². The summed E-state index contributed by atoms with van der Waals surface area (Å²) in [6.45, 7) is 0. The van der Waals surface area contributed by atoms with E-state index in [1.165, 1.54) is 12.1 Å². The van der Waals surface area contributed by atoms with Crippen LogP contribution in [0.2, 0.25) is 0 Å². The van der Waals surface area contributed by atoms with E-state index in [0.717, 1.165) is 12.1 Å². The minimum atomic E-state index is -1.82. The molecule has 1 fully saturated rings. The number of aliphatic hydroxyl groups excluding tert-OH is 3. The van der Waals surface area contributed by atoms with Crippen LogP contribution in [0.4, 0.5) is 5.69 Å². The number of nitro benzene ring substituents is 1. The van der Waals surface area contributed by atoms with Crippen molar-refractivity contribution in [2.24, 2.45) is 0 Å². The molecule has 1 aromatic carbocycles. The fraction of sp³-hybridized carbons (Fsp3) is 0.417. The Morgan fingerprint density at radius 2 is 1.73 bits per heavy atom. The Balaban J connectivity index is 2.13. The zero-order chi connectivity index (χ0) is 16.4. The molecule has 0 spiro atoms. The number of ether oxygens (including phenoxy) is 2. The van der Waals surface area contributed by atoms with Crippen LogP contribution < -0.4 is 4.74 Å². The van der Waals surface area contributed by atoms with Crippen LogP contribution in [0, 0.1) is 10.1 Å². The van der Waals surface area contributed by atoms with Crippen LogP contribution in [0.15, 0.2) is 24.3 Å². The largest absolute Gasteiger partial charge is 0.479 e. The van der Waals surface area contributed by atoms with Crippen LogP contribution in [-0.4, -0.2) is 62.0 Å². The molecule has 5 atom stereocenters. The molecule has 1 aromatic rings. The number of carboxylic acids is 1. The summed E-state index contributed by atoms with van der Waals surface area (Å²) in [7, 11) is 0. The number of hydrogen-bond donors (Lipinski definition) is 4. The number of non-ortho nitro benzene ring substituents is 1. The van der Waals surface area contributed by atoms with Crippen LogP contribution in [0.25, 0.3) is 0 Å². The minimum Gasteiger partial charge on any atom is -0.479 e. The van der Waals surface area contributed by atoms with E-state index in [4.69, 9.17) is 14.6 Å². The standard InChI is InChI=1S/C12H13NO9/c14-7-8(15)10(11(17)18)22-12(9(7)16)21-6-3-1-5(2-4-6)13(19)20/h1-4,7-10,12,14-16H,(H,17,18)/t7-,8-,9-,10-,12+/m0/s1. The van der Waals surface area contributed by atoms with Gasteiger partial charge in [0.1, 0.15) is 24.1 Å². The number of rotatable bonds is 4. The van der Waals surface area contributed by atoms with Crippen LogP contribution in [0.5, 0.6) is 5.75 Å². The van der Waals surface area contributed by atoms with Crippen molar-refractivity contribution in [3.05, 3.63) is 34.4 Å². The maximum absolute atomic E-state index is 10.9. The number of aliphatic carboxylic acids is 1. The molecule has 22 heavy (non-hydrogen) atoms. The Morgan fingerprint density at radius 3 is 2.23 bits per heavy atom. The molecule has 1 heterocycles. The second kappa shape index (κ2) is 6.23. The van der Waals surface area contributed by atoms with Gasteiger partial charge in [-0.2, -0.15) is 0 Å². The monoisotopic (exact) mass is 315 g/mol. The topological polar surface area (TPSA) is 160 Å². The molecule has 1 saturated heterocycles. The van der Waals surface area contributed by atoms with Gasteiger partial charge >= 0.3 is 5.97 Å². The van der Waals surface area contributed by atoms with Gasteiger partial charge in [0, 0.05) is 12.1 Å². The molecular weight excluding hydrogens is 302 g/mol. The summed E-state index contributed by atoms with van der Waals surface area (Å²) in [5.41, 5.74) is -0.184. The van der Waals surface area contributed by atoms with Crippen LogP contribution in [-0.2, 0) is 9.53 Å². The van der Waals surface area contributed by atoms with Crippen molar-refractivity contribution in [3.63, 3.8) is 0 Å². The Hall–Kier alpha value is -2.27. The number of carboxylic acid groups (broad SMARTS) is 1. The molecule has 0 unspecified atom stereocenters. The van der Waals surface area contributed by atoms with Crippen LogP contribution in [0.1, 0.15) is 0 Å². The van der Waals surface area contributed by atoms with Gasteiger partial charge in [-0.25, -0.2) is 4.79 Å². The molecule has 10 heteroatoms. The van der Waals surface area contributed by atoms with E-state index in [1.807, 2.05) is 0 Å². The van der Waals surface area contributed by atoms with Crippen LogP contribution >= 0.6 is 0 Å². The third kappa shape index (κ3) is 3.14. The van der Waals surface area contributed by atoms with Gasteiger partial charge in [0.25, 0.3) is 5.69 Å². The Kier molecular flexibility index (Phi) is 4.56. The van der Waals surface area contributed by atoms with Gasteiger partial charge in [0.2, 0.25) is 6.29 Å². The summed E-state index contributed by atoms with van der Waals surface area (Å²) in [4.78, 5) is 20.8. The maximum atomic E-state index is 10.9. The predicted octanol–water partition coefficient (Wildman–Crippen LogP) is -1.13. The van der Waals surface area contributed by atoms with Gasteiger partial charge in [-0.3, -0.25) is 10.1 Å². The van der Waals surface area contributed by atoms with Gasteiger partial charge in [-0.15, -0.1) is 0 Å². The first-order valence-electron chi connectivity index (χ1n) is 6.15. The Bertz CT molecular complexity index is 560. The van der Waals surface area contributed by atoms with E-state index in [0.29, 0.717) is 0 Å². The molecule has 4 N–H and O–H groups in total. The fourth-order valence-corrected chi connectivity index (χ4v) is 1.93. The van der Waals surface area contributed by atoms with Crippen molar-refractivity contribution in [1.29, 1.82) is 0 Å². The predicted molar refractivity (Wildman–Crippen MR) is 68.0 cm³/mol. The van der Waals surface area contributed by atoms with Gasteiger partial charge < -0.3 is 29.9 Å². The SMILES string of the molecule is O=C(O)[C@H]1O[C@@H](Oc2ccc([N+](=O)[O-])cc2)[C@@H](O)[C@@H](O)[C@@H]1O. The lowest BCUT2D eigenvalue weighted by molar-refractivity contribution is -0.384. The lowest BCUT2D eigenvalue weighted by Crippen LogP contribution is -2.61. The summed E-state index contributed by atoms with van der Waals surface area (Å²) in [5, 5.41) is 48.3. The zero-order valence-electron chi connectivity index (χ0n) is 11.0. The van der Waals surface area contributed by atoms with Crippen molar-refractivity contribution >= 4 is 11.7 Å². The molecule has 0 aliphatic carbocycles. The number of carbonyl (C=O) groups is 1. The number of hydrogen-bond acceptors (Lipinski definition) is 8. The third-order valence-electron chi connectivity index (χ3n) is 3.11. The lowest BCUT2D eigenvalue weighted by atomic mass is 9.99. The zero-order valence-corrected chi connectivity index (χ0v) is 11.0. The lowest BCUT2D eigenvalue weighted by Gasteiger charge is -2.38. The van der Waals surface area contributed by atoms with Crippen molar-refractivity contribution in [3.8, 4) is 5.75 Å². The number of nitro groups is 1. The molecule has 0 bridgehead atoms. The van der Waals surface area contributed by atoms with E-state index in [2.05, 4.69) is 0 Å². The molecule has 1 aliphatic rings. The highest BCUT2D eigenvalue weighted by atomic mass is 16.7. The van der Waals surface area contributed by atoms with Crippen molar-refractivity contribution < 1.29 is 39.6 Å². The highest BCUT2D eigenvalue weighted by Gasteiger charge is 2.48. The first kappa shape index (κ1) is 16.1. The van der Waals surface area contributed by atoms with Gasteiger partial charge in [0.05, 0.1) is 4.92 Å². The molecule has 0 saturated carbocycles. The van der Waals surface area contributed by atoms with Crippen molar-refractivity contribution in [2.75, 3.05) is 0 Å². The third-order valence-corrected chi connectivity index (χ3v) is 3.11. The number of aliphatic hydroxyl groups is 3. The summed E-state index contributed by atoms with van der Waals surface area (Å²) >= 11 is 0. The molecule has 0 amide bonds. The Morgan fingerprint density at radius 1 is 1.14 bits per heavy atom. The highest BCUT2D eigenvalue weighted by Crippen LogP contribution is 2.25. The minimum absolute atomic E-state index is 0.0578. The van der Waals surface area contributed by atoms with E-state index >= 15 is 0 Å². The molecule has 120 valence electrons. The van der Waals surface area contributed by atoms with Gasteiger partial charge in [0.15, 0.2) is 6.10 Å².